The molecule has 0 aliphatic heterocycles. The molecular formula is C14H13ClFNO. The van der Waals surface area contributed by atoms with Crippen LogP contribution in [0.3, 0.4) is 0 Å². The van der Waals surface area contributed by atoms with Crippen LogP contribution in [0.5, 0.6) is 5.75 Å². The molecule has 0 spiro atoms. The Morgan fingerprint density at radius 1 is 1.28 bits per heavy atom. The zero-order valence-corrected chi connectivity index (χ0v) is 10.7. The number of anilines is 1. The highest BCUT2D eigenvalue weighted by atomic mass is 35.5. The van der Waals surface area contributed by atoms with Crippen LogP contribution in [0.25, 0.3) is 0 Å². The third kappa shape index (κ3) is 2.74. The number of rotatable bonds is 3. The minimum Gasteiger partial charge on any atom is -0.489 e. The van der Waals surface area contributed by atoms with Crippen molar-refractivity contribution in [2.45, 2.75) is 13.5 Å². The molecule has 0 atom stereocenters. The third-order valence-corrected chi connectivity index (χ3v) is 3.06. The smallest absolute Gasteiger partial charge is 0.152 e. The van der Waals surface area contributed by atoms with Gasteiger partial charge in [-0.15, -0.1) is 0 Å². The van der Waals surface area contributed by atoms with Gasteiger partial charge in [0.05, 0.1) is 5.69 Å². The second-order valence-electron chi connectivity index (χ2n) is 4.02. The Kier molecular flexibility index (Phi) is 3.72. The minimum absolute atomic E-state index is 0.128. The van der Waals surface area contributed by atoms with Crippen LogP contribution in [0.4, 0.5) is 10.1 Å². The lowest BCUT2D eigenvalue weighted by molar-refractivity contribution is 0.300. The summed E-state index contributed by atoms with van der Waals surface area (Å²) in [6.45, 7) is 2.02. The summed E-state index contributed by atoms with van der Waals surface area (Å²) in [6, 6.07) is 10.2. The van der Waals surface area contributed by atoms with Gasteiger partial charge in [0.2, 0.25) is 0 Å². The van der Waals surface area contributed by atoms with Gasteiger partial charge in [0.25, 0.3) is 0 Å². The normalized spacial score (nSPS) is 10.4. The van der Waals surface area contributed by atoms with Gasteiger partial charge in [-0.05, 0) is 36.8 Å². The number of nitrogen functional groups attached to an aromatic ring is 1. The summed E-state index contributed by atoms with van der Waals surface area (Å²) in [5.74, 6) is 0.224. The predicted octanol–water partition coefficient (Wildman–Crippen LogP) is 3.95. The van der Waals surface area contributed by atoms with Crippen molar-refractivity contribution in [2.75, 3.05) is 5.73 Å². The second-order valence-corrected chi connectivity index (χ2v) is 4.43. The first-order chi connectivity index (χ1) is 8.58. The molecular weight excluding hydrogens is 253 g/mol. The molecule has 94 valence electrons. The fraction of sp³-hybridized carbons (Fsp3) is 0.143. The molecule has 0 aromatic heterocycles. The van der Waals surface area contributed by atoms with Crippen molar-refractivity contribution in [3.05, 3.63) is 58.4 Å². The molecule has 0 saturated carbocycles. The van der Waals surface area contributed by atoms with Crippen molar-refractivity contribution in [2.24, 2.45) is 0 Å². The van der Waals surface area contributed by atoms with E-state index in [4.69, 9.17) is 22.1 Å². The SMILES string of the molecule is Cc1cc(OCc2cccc(N)c2F)ccc1Cl. The fourth-order valence-electron chi connectivity index (χ4n) is 1.58. The van der Waals surface area contributed by atoms with E-state index in [9.17, 15) is 4.39 Å². The standard InChI is InChI=1S/C14H13ClFNO/c1-9-7-11(5-6-12(9)15)18-8-10-3-2-4-13(17)14(10)16/h2-7H,8,17H2,1H3. The topological polar surface area (TPSA) is 35.2 Å². The van der Waals surface area contributed by atoms with E-state index in [0.29, 0.717) is 16.3 Å². The molecule has 2 rings (SSSR count). The number of hydrogen-bond acceptors (Lipinski definition) is 2. The first-order valence-electron chi connectivity index (χ1n) is 5.50. The molecule has 4 heteroatoms. The van der Waals surface area contributed by atoms with E-state index < -0.39 is 5.82 Å². The molecule has 0 unspecified atom stereocenters. The molecule has 2 N–H and O–H groups in total. The molecule has 0 heterocycles. The Labute approximate surface area is 110 Å². The third-order valence-electron chi connectivity index (χ3n) is 2.63. The highest BCUT2D eigenvalue weighted by Gasteiger charge is 2.06. The van der Waals surface area contributed by atoms with Crippen molar-refractivity contribution >= 4 is 17.3 Å². The van der Waals surface area contributed by atoms with E-state index in [1.54, 1.807) is 24.3 Å². The molecule has 2 aromatic rings. The minimum atomic E-state index is -0.428. The quantitative estimate of drug-likeness (QED) is 0.853. The van der Waals surface area contributed by atoms with E-state index in [1.165, 1.54) is 6.07 Å². The zero-order valence-electron chi connectivity index (χ0n) is 9.91. The van der Waals surface area contributed by atoms with Crippen LogP contribution in [-0.2, 0) is 6.61 Å². The van der Waals surface area contributed by atoms with Crippen LogP contribution in [0, 0.1) is 12.7 Å². The van der Waals surface area contributed by atoms with Crippen molar-refractivity contribution < 1.29 is 9.13 Å². The highest BCUT2D eigenvalue weighted by molar-refractivity contribution is 6.31. The molecule has 0 radical (unpaired) electrons. The molecule has 0 amide bonds. The summed E-state index contributed by atoms with van der Waals surface area (Å²) in [4.78, 5) is 0. The molecule has 0 bridgehead atoms. The van der Waals surface area contributed by atoms with Crippen molar-refractivity contribution in [3.63, 3.8) is 0 Å². The Hall–Kier alpha value is -1.74. The van der Waals surface area contributed by atoms with E-state index in [1.807, 2.05) is 13.0 Å². The Morgan fingerprint density at radius 2 is 2.06 bits per heavy atom. The van der Waals surface area contributed by atoms with Crippen LogP contribution in [-0.4, -0.2) is 0 Å². The average molecular weight is 266 g/mol. The van der Waals surface area contributed by atoms with Gasteiger partial charge in [-0.25, -0.2) is 4.39 Å². The Bertz CT molecular complexity index is 572. The number of halogens is 2. The average Bonchev–Trinajstić information content (AvgIpc) is 2.35. The maximum atomic E-state index is 13.6. The number of aryl methyl sites for hydroxylation is 1. The van der Waals surface area contributed by atoms with Gasteiger partial charge in [-0.1, -0.05) is 23.7 Å². The number of hydrogen-bond donors (Lipinski definition) is 1. The molecule has 0 aliphatic carbocycles. The molecule has 0 saturated heterocycles. The van der Waals surface area contributed by atoms with E-state index in [0.717, 1.165) is 5.56 Å². The lowest BCUT2D eigenvalue weighted by Gasteiger charge is -2.09. The van der Waals surface area contributed by atoms with Crippen LogP contribution >= 0.6 is 11.6 Å². The maximum Gasteiger partial charge on any atom is 0.152 e. The molecule has 0 aliphatic rings. The van der Waals surface area contributed by atoms with Gasteiger partial charge >= 0.3 is 0 Å². The fourth-order valence-corrected chi connectivity index (χ4v) is 1.70. The summed E-state index contributed by atoms with van der Waals surface area (Å²) in [6.07, 6.45) is 0. The van der Waals surface area contributed by atoms with Crippen LogP contribution in [0.1, 0.15) is 11.1 Å². The summed E-state index contributed by atoms with van der Waals surface area (Å²) in [5, 5.41) is 0.678. The van der Waals surface area contributed by atoms with Gasteiger partial charge in [-0.2, -0.15) is 0 Å². The van der Waals surface area contributed by atoms with Crippen molar-refractivity contribution in [1.82, 2.24) is 0 Å². The lowest BCUT2D eigenvalue weighted by atomic mass is 10.2. The molecule has 2 nitrogen and oxygen atoms in total. The van der Waals surface area contributed by atoms with E-state index in [-0.39, 0.29) is 12.3 Å². The molecule has 18 heavy (non-hydrogen) atoms. The molecule has 2 aromatic carbocycles. The van der Waals surface area contributed by atoms with Gasteiger partial charge in [0.1, 0.15) is 12.4 Å². The lowest BCUT2D eigenvalue weighted by Crippen LogP contribution is -2.01. The molecule has 0 fully saturated rings. The van der Waals surface area contributed by atoms with Crippen molar-refractivity contribution in [3.8, 4) is 5.75 Å². The summed E-state index contributed by atoms with van der Waals surface area (Å²) >= 11 is 5.91. The first kappa shape index (κ1) is 12.7. The first-order valence-corrected chi connectivity index (χ1v) is 5.87. The van der Waals surface area contributed by atoms with E-state index >= 15 is 0 Å². The van der Waals surface area contributed by atoms with Crippen molar-refractivity contribution in [1.29, 1.82) is 0 Å². The maximum absolute atomic E-state index is 13.6. The summed E-state index contributed by atoms with van der Waals surface area (Å²) < 4.78 is 19.1. The predicted molar refractivity (Wildman–Crippen MR) is 71.3 cm³/mol. The van der Waals surface area contributed by atoms with Gasteiger partial charge in [-0.3, -0.25) is 0 Å². The van der Waals surface area contributed by atoms with Gasteiger partial charge in [0, 0.05) is 10.6 Å². The summed E-state index contributed by atoms with van der Waals surface area (Å²) in [5.41, 5.74) is 6.97. The van der Waals surface area contributed by atoms with Gasteiger partial charge < -0.3 is 10.5 Å². The zero-order chi connectivity index (χ0) is 13.1. The van der Waals surface area contributed by atoms with Crippen LogP contribution < -0.4 is 10.5 Å². The number of ether oxygens (including phenoxy) is 1. The second kappa shape index (κ2) is 5.27. The number of nitrogens with two attached hydrogens (primary N) is 1. The monoisotopic (exact) mass is 265 g/mol. The van der Waals surface area contributed by atoms with Crippen LogP contribution in [0.2, 0.25) is 5.02 Å². The largest absolute Gasteiger partial charge is 0.489 e. The summed E-state index contributed by atoms with van der Waals surface area (Å²) in [7, 11) is 0. The van der Waals surface area contributed by atoms with Crippen LogP contribution in [0.15, 0.2) is 36.4 Å². The Balaban J connectivity index is 2.11. The van der Waals surface area contributed by atoms with Gasteiger partial charge in [0.15, 0.2) is 5.82 Å². The Morgan fingerprint density at radius 3 is 2.78 bits per heavy atom. The van der Waals surface area contributed by atoms with E-state index in [2.05, 4.69) is 0 Å². The highest BCUT2D eigenvalue weighted by Crippen LogP contribution is 2.22. The number of benzene rings is 2.